The van der Waals surface area contributed by atoms with Crippen molar-refractivity contribution in [3.05, 3.63) is 77.0 Å². The van der Waals surface area contributed by atoms with Gasteiger partial charge in [0.2, 0.25) is 0 Å². The van der Waals surface area contributed by atoms with Crippen LogP contribution in [0.4, 0.5) is 0 Å². The molecule has 1 unspecified atom stereocenters. The number of aromatic nitrogens is 2. The summed E-state index contributed by atoms with van der Waals surface area (Å²) in [6.45, 7) is 4.35. The average Bonchev–Trinajstić information content (AvgIpc) is 3.17. The fraction of sp³-hybridized carbons (Fsp3) is 0.200. The highest BCUT2D eigenvalue weighted by Crippen LogP contribution is 2.37. The molecule has 120 valence electrons. The summed E-state index contributed by atoms with van der Waals surface area (Å²) in [5.41, 5.74) is 5.70. The number of hydrogen-bond acceptors (Lipinski definition) is 2. The molecule has 3 aromatic rings. The number of benzene rings is 2. The molecule has 0 saturated carbocycles. The van der Waals surface area contributed by atoms with Crippen LogP contribution in [-0.4, -0.2) is 16.1 Å². The van der Waals surface area contributed by atoms with Gasteiger partial charge < -0.3 is 5.32 Å². The molecule has 0 aliphatic carbocycles. The number of nitrogens with one attached hydrogen (secondary N) is 2. The lowest BCUT2D eigenvalue weighted by Gasteiger charge is -2.14. The first-order chi connectivity index (χ1) is 11.6. The molecule has 1 atom stereocenters. The minimum absolute atomic E-state index is 0.0994. The van der Waals surface area contributed by atoms with Crippen molar-refractivity contribution in [2.45, 2.75) is 25.8 Å². The van der Waals surface area contributed by atoms with E-state index in [9.17, 15) is 4.79 Å². The van der Waals surface area contributed by atoms with Crippen molar-refractivity contribution in [2.24, 2.45) is 0 Å². The molecule has 1 aliphatic rings. The summed E-state index contributed by atoms with van der Waals surface area (Å²) < 4.78 is 0. The highest BCUT2D eigenvalue weighted by molar-refractivity contribution is 6.00. The molecule has 1 aliphatic heterocycles. The molecule has 0 radical (unpaired) electrons. The minimum Gasteiger partial charge on any atom is -0.340 e. The molecule has 0 saturated heterocycles. The van der Waals surface area contributed by atoms with E-state index in [0.717, 1.165) is 22.4 Å². The monoisotopic (exact) mass is 317 g/mol. The lowest BCUT2D eigenvalue weighted by Crippen LogP contribution is -2.21. The van der Waals surface area contributed by atoms with Crippen LogP contribution in [0.1, 0.15) is 53.0 Å². The number of carbonyl (C=O) groups excluding carboxylic acids is 1. The summed E-state index contributed by atoms with van der Waals surface area (Å²) in [5.74, 6) is 0.388. The number of hydrogen-bond donors (Lipinski definition) is 2. The van der Waals surface area contributed by atoms with E-state index in [0.29, 0.717) is 11.6 Å². The fourth-order valence-corrected chi connectivity index (χ4v) is 3.22. The van der Waals surface area contributed by atoms with Crippen molar-refractivity contribution in [3.63, 3.8) is 0 Å². The number of amides is 1. The molecule has 0 spiro atoms. The van der Waals surface area contributed by atoms with Crippen LogP contribution in [0.25, 0.3) is 11.3 Å². The molecular weight excluding hydrogens is 298 g/mol. The Kier molecular flexibility index (Phi) is 3.45. The van der Waals surface area contributed by atoms with E-state index in [1.807, 2.05) is 30.3 Å². The summed E-state index contributed by atoms with van der Waals surface area (Å²) in [7, 11) is 0. The first kappa shape index (κ1) is 14.7. The number of aromatic amines is 1. The van der Waals surface area contributed by atoms with Crippen LogP contribution in [0.15, 0.2) is 54.6 Å². The Morgan fingerprint density at radius 1 is 1.00 bits per heavy atom. The van der Waals surface area contributed by atoms with Crippen molar-refractivity contribution in [3.8, 4) is 11.3 Å². The Hall–Kier alpha value is -2.88. The lowest BCUT2D eigenvalue weighted by atomic mass is 9.94. The quantitative estimate of drug-likeness (QED) is 0.766. The fourth-order valence-electron chi connectivity index (χ4n) is 3.22. The molecule has 24 heavy (non-hydrogen) atoms. The second-order valence-corrected chi connectivity index (χ2v) is 6.45. The predicted octanol–water partition coefficient (Wildman–Crippen LogP) is 4.03. The van der Waals surface area contributed by atoms with E-state index in [2.05, 4.69) is 53.6 Å². The van der Waals surface area contributed by atoms with Gasteiger partial charge in [0, 0.05) is 11.1 Å². The molecule has 1 aromatic heterocycles. The second kappa shape index (κ2) is 5.64. The third-order valence-electron chi connectivity index (χ3n) is 4.58. The van der Waals surface area contributed by atoms with Crippen LogP contribution >= 0.6 is 0 Å². The Bertz CT molecular complexity index is 879. The standard InChI is InChI=1S/C20H19N3O/c1-12(2)13-8-10-15(11-9-13)17-16-18(14-6-4-3-5-7-14)22-23-19(16)20(24)21-17/h3-12,17H,1-2H3,(H,21,24)(H,22,23). The van der Waals surface area contributed by atoms with Gasteiger partial charge in [0.1, 0.15) is 5.69 Å². The molecule has 2 heterocycles. The van der Waals surface area contributed by atoms with Gasteiger partial charge in [0.05, 0.1) is 11.7 Å². The molecule has 4 nitrogen and oxygen atoms in total. The topological polar surface area (TPSA) is 57.8 Å². The van der Waals surface area contributed by atoms with Crippen LogP contribution in [0.5, 0.6) is 0 Å². The smallest absolute Gasteiger partial charge is 0.270 e. The average molecular weight is 317 g/mol. The van der Waals surface area contributed by atoms with Gasteiger partial charge in [-0.25, -0.2) is 0 Å². The predicted molar refractivity (Wildman–Crippen MR) is 93.9 cm³/mol. The van der Waals surface area contributed by atoms with E-state index < -0.39 is 0 Å². The summed E-state index contributed by atoms with van der Waals surface area (Å²) in [5, 5.41) is 10.4. The summed E-state index contributed by atoms with van der Waals surface area (Å²) >= 11 is 0. The number of fused-ring (bicyclic) bond motifs is 1. The van der Waals surface area contributed by atoms with Crippen molar-refractivity contribution < 1.29 is 4.79 Å². The Morgan fingerprint density at radius 2 is 1.71 bits per heavy atom. The number of carbonyl (C=O) groups is 1. The van der Waals surface area contributed by atoms with Crippen LogP contribution in [0.2, 0.25) is 0 Å². The van der Waals surface area contributed by atoms with Gasteiger partial charge in [-0.3, -0.25) is 9.89 Å². The highest BCUT2D eigenvalue weighted by Gasteiger charge is 2.35. The van der Waals surface area contributed by atoms with E-state index >= 15 is 0 Å². The Morgan fingerprint density at radius 3 is 2.38 bits per heavy atom. The van der Waals surface area contributed by atoms with E-state index in [1.54, 1.807) is 0 Å². The third-order valence-corrected chi connectivity index (χ3v) is 4.58. The zero-order chi connectivity index (χ0) is 16.7. The Balaban J connectivity index is 1.79. The zero-order valence-corrected chi connectivity index (χ0v) is 13.7. The van der Waals surface area contributed by atoms with E-state index in [4.69, 9.17) is 0 Å². The largest absolute Gasteiger partial charge is 0.340 e. The molecule has 4 rings (SSSR count). The maximum Gasteiger partial charge on any atom is 0.270 e. The normalized spacial score (nSPS) is 16.3. The first-order valence-corrected chi connectivity index (χ1v) is 8.19. The number of H-pyrrole nitrogens is 1. The number of rotatable bonds is 3. The molecular formula is C20H19N3O. The van der Waals surface area contributed by atoms with Crippen LogP contribution in [0.3, 0.4) is 0 Å². The van der Waals surface area contributed by atoms with E-state index in [-0.39, 0.29) is 11.9 Å². The van der Waals surface area contributed by atoms with Crippen molar-refractivity contribution in [1.82, 2.24) is 15.5 Å². The van der Waals surface area contributed by atoms with Gasteiger partial charge in [-0.05, 0) is 17.0 Å². The third kappa shape index (κ3) is 2.31. The molecule has 4 heteroatoms. The summed E-state index contributed by atoms with van der Waals surface area (Å²) in [6.07, 6.45) is 0. The maximum absolute atomic E-state index is 12.3. The van der Waals surface area contributed by atoms with E-state index in [1.165, 1.54) is 5.56 Å². The lowest BCUT2D eigenvalue weighted by molar-refractivity contribution is 0.0955. The maximum atomic E-state index is 12.3. The van der Waals surface area contributed by atoms with Crippen molar-refractivity contribution >= 4 is 5.91 Å². The van der Waals surface area contributed by atoms with Crippen molar-refractivity contribution in [1.29, 1.82) is 0 Å². The highest BCUT2D eigenvalue weighted by atomic mass is 16.2. The zero-order valence-electron chi connectivity index (χ0n) is 13.7. The van der Waals surface area contributed by atoms with Gasteiger partial charge in [-0.2, -0.15) is 5.10 Å². The van der Waals surface area contributed by atoms with Crippen LogP contribution < -0.4 is 5.32 Å². The van der Waals surface area contributed by atoms with Crippen molar-refractivity contribution in [2.75, 3.05) is 0 Å². The second-order valence-electron chi connectivity index (χ2n) is 6.45. The van der Waals surface area contributed by atoms with Gasteiger partial charge in [-0.1, -0.05) is 68.4 Å². The number of nitrogens with zero attached hydrogens (tertiary/aromatic N) is 1. The molecule has 0 fully saturated rings. The SMILES string of the molecule is CC(C)c1ccc(C2NC(=O)c3[nH]nc(-c4ccccc4)c32)cc1. The van der Waals surface area contributed by atoms with Gasteiger partial charge in [-0.15, -0.1) is 0 Å². The summed E-state index contributed by atoms with van der Waals surface area (Å²) in [4.78, 5) is 12.3. The minimum atomic E-state index is -0.164. The molecule has 0 bridgehead atoms. The molecule has 2 aromatic carbocycles. The molecule has 1 amide bonds. The van der Waals surface area contributed by atoms with Crippen LogP contribution in [0, 0.1) is 0 Å². The molecule has 2 N–H and O–H groups in total. The Labute approximate surface area is 140 Å². The first-order valence-electron chi connectivity index (χ1n) is 8.19. The van der Waals surface area contributed by atoms with Gasteiger partial charge in [0.15, 0.2) is 0 Å². The van der Waals surface area contributed by atoms with Gasteiger partial charge in [0.25, 0.3) is 5.91 Å². The summed E-state index contributed by atoms with van der Waals surface area (Å²) in [6, 6.07) is 18.2. The van der Waals surface area contributed by atoms with Gasteiger partial charge >= 0.3 is 0 Å². The van der Waals surface area contributed by atoms with Crippen LogP contribution in [-0.2, 0) is 0 Å².